The molecule has 0 bridgehead atoms. The van der Waals surface area contributed by atoms with Crippen molar-refractivity contribution in [3.05, 3.63) is 12.2 Å². The molecule has 0 spiro atoms. The molecule has 1 saturated heterocycles. The van der Waals surface area contributed by atoms with E-state index >= 15 is 0 Å². The second-order valence-corrected chi connectivity index (χ2v) is 4.43. The minimum atomic E-state index is 0.00250. The molecule has 0 aromatic carbocycles. The molecule has 2 atom stereocenters. The zero-order valence-electron chi connectivity index (χ0n) is 10.0. The Kier molecular flexibility index (Phi) is 4.52. The summed E-state index contributed by atoms with van der Waals surface area (Å²) in [7, 11) is 0. The number of hydrogen-bond donors (Lipinski definition) is 1. The third kappa shape index (κ3) is 2.84. The Morgan fingerprint density at radius 3 is 2.94 bits per heavy atom. The first-order valence-electron chi connectivity index (χ1n) is 5.69. The van der Waals surface area contributed by atoms with Gasteiger partial charge in [-0.3, -0.25) is 9.59 Å². The van der Waals surface area contributed by atoms with Crippen molar-refractivity contribution in [1.82, 2.24) is 10.2 Å². The van der Waals surface area contributed by atoms with Gasteiger partial charge in [-0.1, -0.05) is 19.1 Å². The highest BCUT2D eigenvalue weighted by Crippen LogP contribution is 2.27. The first-order valence-corrected chi connectivity index (χ1v) is 5.69. The van der Waals surface area contributed by atoms with Gasteiger partial charge >= 0.3 is 0 Å². The Balaban J connectivity index is 2.61. The number of carbonyl (C=O) groups is 2. The highest BCUT2D eigenvalue weighted by molar-refractivity contribution is 5.80. The predicted molar refractivity (Wildman–Crippen MR) is 62.8 cm³/mol. The van der Waals surface area contributed by atoms with E-state index in [1.165, 1.54) is 0 Å². The Hall–Kier alpha value is -1.32. The molecule has 0 saturated carbocycles. The summed E-state index contributed by atoms with van der Waals surface area (Å²) in [5, 5.41) is 2.42. The highest BCUT2D eigenvalue weighted by Gasteiger charge is 2.32. The zero-order chi connectivity index (χ0) is 12.1. The third-order valence-corrected chi connectivity index (χ3v) is 3.31. The molecule has 0 aromatic heterocycles. The van der Waals surface area contributed by atoms with Crippen LogP contribution in [0.4, 0.5) is 0 Å². The van der Waals surface area contributed by atoms with Crippen LogP contribution in [0.2, 0.25) is 0 Å². The molecule has 1 aliphatic heterocycles. The largest absolute Gasteiger partial charge is 0.350 e. The van der Waals surface area contributed by atoms with Crippen LogP contribution in [0, 0.1) is 5.92 Å². The summed E-state index contributed by atoms with van der Waals surface area (Å²) in [6, 6.07) is 0.249. The first-order chi connectivity index (χ1) is 7.57. The number of amides is 2. The van der Waals surface area contributed by atoms with E-state index in [9.17, 15) is 9.59 Å². The molecule has 90 valence electrons. The molecule has 4 heteroatoms. The molecular weight excluding hydrogens is 204 g/mol. The van der Waals surface area contributed by atoms with Crippen molar-refractivity contribution in [2.45, 2.75) is 32.7 Å². The Morgan fingerprint density at radius 1 is 1.69 bits per heavy atom. The molecule has 2 unspecified atom stereocenters. The van der Waals surface area contributed by atoms with Crippen LogP contribution in [-0.2, 0) is 9.59 Å². The van der Waals surface area contributed by atoms with Gasteiger partial charge in [-0.05, 0) is 25.7 Å². The van der Waals surface area contributed by atoms with Gasteiger partial charge in [-0.2, -0.15) is 0 Å². The van der Waals surface area contributed by atoms with Crippen LogP contribution in [0.15, 0.2) is 12.2 Å². The van der Waals surface area contributed by atoms with Crippen LogP contribution in [0.1, 0.15) is 26.7 Å². The van der Waals surface area contributed by atoms with E-state index in [1.807, 2.05) is 11.8 Å². The normalized spacial score (nSPS) is 21.6. The monoisotopic (exact) mass is 224 g/mol. The second kappa shape index (κ2) is 5.68. The maximum Gasteiger partial charge on any atom is 0.242 e. The number of carbonyl (C=O) groups excluding carboxylic acids is 2. The molecule has 1 aliphatic rings. The lowest BCUT2D eigenvalue weighted by molar-refractivity contribution is -0.132. The smallest absolute Gasteiger partial charge is 0.242 e. The van der Waals surface area contributed by atoms with Gasteiger partial charge in [-0.15, -0.1) is 0 Å². The predicted octanol–water partition coefficient (Wildman–Crippen LogP) is 0.936. The summed E-state index contributed by atoms with van der Waals surface area (Å²) in [6.07, 6.45) is 2.63. The first kappa shape index (κ1) is 12.7. The highest BCUT2D eigenvalue weighted by atomic mass is 16.2. The lowest BCUT2D eigenvalue weighted by Crippen LogP contribution is -2.43. The van der Waals surface area contributed by atoms with Gasteiger partial charge in [0.1, 0.15) is 0 Å². The van der Waals surface area contributed by atoms with Gasteiger partial charge < -0.3 is 10.2 Å². The summed E-state index contributed by atoms with van der Waals surface area (Å²) in [4.78, 5) is 23.8. The van der Waals surface area contributed by atoms with Crippen LogP contribution < -0.4 is 5.32 Å². The van der Waals surface area contributed by atoms with E-state index in [1.54, 1.807) is 0 Å². The van der Waals surface area contributed by atoms with Gasteiger partial charge in [-0.25, -0.2) is 0 Å². The summed E-state index contributed by atoms with van der Waals surface area (Å²) >= 11 is 0. The number of nitrogens with zero attached hydrogens (tertiary/aromatic N) is 1. The molecule has 1 fully saturated rings. The second-order valence-electron chi connectivity index (χ2n) is 4.43. The zero-order valence-corrected chi connectivity index (χ0v) is 10.0. The molecule has 0 aromatic rings. The van der Waals surface area contributed by atoms with E-state index < -0.39 is 0 Å². The van der Waals surface area contributed by atoms with Crippen LogP contribution in [0.5, 0.6) is 0 Å². The SMILES string of the molecule is C=C(C)C(C)C1CCCN1C(=O)CNC=O. The molecular formula is C12H20N2O2. The Bertz CT molecular complexity index is 289. The van der Waals surface area contributed by atoms with Gasteiger partial charge in [0.25, 0.3) is 0 Å². The van der Waals surface area contributed by atoms with Crippen molar-refractivity contribution in [2.75, 3.05) is 13.1 Å². The fraction of sp³-hybridized carbons (Fsp3) is 0.667. The molecule has 1 heterocycles. The van der Waals surface area contributed by atoms with E-state index in [0.29, 0.717) is 12.3 Å². The number of hydrogen-bond acceptors (Lipinski definition) is 2. The molecule has 4 nitrogen and oxygen atoms in total. The van der Waals surface area contributed by atoms with Crippen LogP contribution in [0.3, 0.4) is 0 Å². The van der Waals surface area contributed by atoms with Gasteiger partial charge in [0.2, 0.25) is 12.3 Å². The van der Waals surface area contributed by atoms with Crippen molar-refractivity contribution in [3.8, 4) is 0 Å². The minimum Gasteiger partial charge on any atom is -0.350 e. The summed E-state index contributed by atoms with van der Waals surface area (Å²) in [6.45, 7) is 8.94. The molecule has 1 N–H and O–H groups in total. The fourth-order valence-corrected chi connectivity index (χ4v) is 2.18. The molecule has 0 radical (unpaired) electrons. The third-order valence-electron chi connectivity index (χ3n) is 3.31. The van der Waals surface area contributed by atoms with Gasteiger partial charge in [0, 0.05) is 12.6 Å². The topological polar surface area (TPSA) is 49.4 Å². The number of rotatable bonds is 5. The number of nitrogens with one attached hydrogen (secondary N) is 1. The van der Waals surface area contributed by atoms with E-state index in [4.69, 9.17) is 0 Å². The molecule has 2 amide bonds. The van der Waals surface area contributed by atoms with Crippen molar-refractivity contribution >= 4 is 12.3 Å². The Labute approximate surface area is 96.7 Å². The van der Waals surface area contributed by atoms with Crippen molar-refractivity contribution in [1.29, 1.82) is 0 Å². The summed E-state index contributed by atoms with van der Waals surface area (Å²) in [5.74, 6) is 0.324. The van der Waals surface area contributed by atoms with Gasteiger partial charge in [0.15, 0.2) is 0 Å². The fourth-order valence-electron chi connectivity index (χ4n) is 2.18. The average molecular weight is 224 g/mol. The van der Waals surface area contributed by atoms with E-state index in [0.717, 1.165) is 25.0 Å². The van der Waals surface area contributed by atoms with Crippen LogP contribution in [0.25, 0.3) is 0 Å². The molecule has 1 rings (SSSR count). The lowest BCUT2D eigenvalue weighted by Gasteiger charge is -2.30. The van der Waals surface area contributed by atoms with Crippen molar-refractivity contribution in [3.63, 3.8) is 0 Å². The lowest BCUT2D eigenvalue weighted by atomic mass is 9.93. The van der Waals surface area contributed by atoms with Crippen molar-refractivity contribution < 1.29 is 9.59 Å². The summed E-state index contributed by atoms with van der Waals surface area (Å²) in [5.41, 5.74) is 1.10. The summed E-state index contributed by atoms with van der Waals surface area (Å²) < 4.78 is 0. The maximum atomic E-state index is 11.8. The molecule has 0 aliphatic carbocycles. The van der Waals surface area contributed by atoms with E-state index in [2.05, 4.69) is 18.8 Å². The number of likely N-dealkylation sites (tertiary alicyclic amines) is 1. The Morgan fingerprint density at radius 2 is 2.38 bits per heavy atom. The van der Waals surface area contributed by atoms with Crippen molar-refractivity contribution in [2.24, 2.45) is 5.92 Å². The quantitative estimate of drug-likeness (QED) is 0.558. The standard InChI is InChI=1S/C12H20N2O2/c1-9(2)10(3)11-5-4-6-14(11)12(16)7-13-8-15/h8,10-11H,1,4-7H2,2-3H3,(H,13,15). The average Bonchev–Trinajstić information content (AvgIpc) is 2.73. The molecule has 16 heavy (non-hydrogen) atoms. The van der Waals surface area contributed by atoms with Crippen LogP contribution in [-0.4, -0.2) is 36.3 Å². The maximum absolute atomic E-state index is 11.8. The van der Waals surface area contributed by atoms with Gasteiger partial charge in [0.05, 0.1) is 6.54 Å². The minimum absolute atomic E-state index is 0.00250. The van der Waals surface area contributed by atoms with Crippen LogP contribution >= 0.6 is 0 Å². The van der Waals surface area contributed by atoms with E-state index in [-0.39, 0.29) is 18.5 Å².